The van der Waals surface area contributed by atoms with Crippen LogP contribution in [-0.4, -0.2) is 4.75 Å². The van der Waals surface area contributed by atoms with Crippen LogP contribution >= 0.6 is 12.6 Å². The Balaban J connectivity index is 3.45. The van der Waals surface area contributed by atoms with Gasteiger partial charge < -0.3 is 0 Å². The predicted molar refractivity (Wildman–Crippen MR) is 33.3 cm³/mol. The average molecular weight is 102 g/mol. The molecule has 0 saturated heterocycles. The molecule has 6 heavy (non-hydrogen) atoms. The summed E-state index contributed by atoms with van der Waals surface area (Å²) in [6, 6.07) is 0. The van der Waals surface area contributed by atoms with Crippen LogP contribution in [0.4, 0.5) is 0 Å². The average Bonchev–Trinajstić information content (AvgIpc) is 1.35. The molecule has 0 aliphatic rings. The summed E-state index contributed by atoms with van der Waals surface area (Å²) in [5.41, 5.74) is 0. The van der Waals surface area contributed by atoms with Crippen LogP contribution in [-0.2, 0) is 0 Å². The minimum Gasteiger partial charge on any atom is -0.169 e. The van der Waals surface area contributed by atoms with E-state index in [4.69, 9.17) is 0 Å². The van der Waals surface area contributed by atoms with Gasteiger partial charge in [0.25, 0.3) is 0 Å². The van der Waals surface area contributed by atoms with Crippen LogP contribution in [0.15, 0.2) is 12.7 Å². The first-order valence-corrected chi connectivity index (χ1v) is 2.37. The molecule has 0 fully saturated rings. The monoisotopic (exact) mass is 102 g/mol. The predicted octanol–water partition coefficient (Wildman–Crippen LogP) is 1.88. The second kappa shape index (κ2) is 1.69. The standard InChI is InChI=1S/C5H10S/c1-4-5(2,3)6/h4,6H,1H2,2-3H3. The molecule has 0 aliphatic carbocycles. The third-order valence-electron chi connectivity index (χ3n) is 0.500. The molecule has 0 aromatic carbocycles. The highest BCUT2D eigenvalue weighted by atomic mass is 32.1. The number of hydrogen-bond donors (Lipinski definition) is 1. The van der Waals surface area contributed by atoms with Crippen LogP contribution in [0.2, 0.25) is 0 Å². The van der Waals surface area contributed by atoms with Gasteiger partial charge in [0.15, 0.2) is 0 Å². The molecule has 0 unspecified atom stereocenters. The van der Waals surface area contributed by atoms with Gasteiger partial charge in [-0.2, -0.15) is 12.6 Å². The van der Waals surface area contributed by atoms with Gasteiger partial charge in [0, 0.05) is 4.75 Å². The van der Waals surface area contributed by atoms with E-state index in [1.807, 2.05) is 13.8 Å². The second-order valence-corrected chi connectivity index (χ2v) is 3.01. The van der Waals surface area contributed by atoms with Gasteiger partial charge in [-0.25, -0.2) is 0 Å². The zero-order chi connectivity index (χ0) is 5.21. The highest BCUT2D eigenvalue weighted by Crippen LogP contribution is 2.10. The van der Waals surface area contributed by atoms with Crippen LogP contribution in [0, 0.1) is 0 Å². The Morgan fingerprint density at radius 3 is 1.83 bits per heavy atom. The Labute approximate surface area is 44.7 Å². The molecule has 0 atom stereocenters. The fraction of sp³-hybridized carbons (Fsp3) is 0.600. The summed E-state index contributed by atoms with van der Waals surface area (Å²) in [5.74, 6) is 0. The zero-order valence-corrected chi connectivity index (χ0v) is 5.13. The van der Waals surface area contributed by atoms with Crippen LogP contribution in [0.1, 0.15) is 13.8 Å². The molecule has 0 rings (SSSR count). The van der Waals surface area contributed by atoms with E-state index in [9.17, 15) is 0 Å². The maximum Gasteiger partial charge on any atom is 0.0249 e. The molecule has 1 heteroatoms. The molecule has 0 aromatic rings. The van der Waals surface area contributed by atoms with Crippen molar-refractivity contribution in [1.29, 1.82) is 0 Å². The number of thiol groups is 1. The van der Waals surface area contributed by atoms with E-state index in [-0.39, 0.29) is 4.75 Å². The fourth-order valence-electron chi connectivity index (χ4n) is 0. The second-order valence-electron chi connectivity index (χ2n) is 1.86. The molecule has 0 saturated carbocycles. The minimum absolute atomic E-state index is 0. The Morgan fingerprint density at radius 2 is 1.83 bits per heavy atom. The van der Waals surface area contributed by atoms with Crippen LogP contribution < -0.4 is 0 Å². The van der Waals surface area contributed by atoms with E-state index in [1.165, 1.54) is 0 Å². The molecule has 0 spiro atoms. The lowest BCUT2D eigenvalue weighted by atomic mass is 10.2. The van der Waals surface area contributed by atoms with Crippen molar-refractivity contribution in [2.24, 2.45) is 0 Å². The molecule has 0 bridgehead atoms. The SMILES string of the molecule is C=CC(C)(C)S. The third kappa shape index (κ3) is 4.09. The van der Waals surface area contributed by atoms with Crippen molar-refractivity contribution in [2.75, 3.05) is 0 Å². The van der Waals surface area contributed by atoms with E-state index >= 15 is 0 Å². The van der Waals surface area contributed by atoms with Crippen LogP contribution in [0.5, 0.6) is 0 Å². The van der Waals surface area contributed by atoms with Gasteiger partial charge in [0.1, 0.15) is 0 Å². The molecule has 0 radical (unpaired) electrons. The Morgan fingerprint density at radius 1 is 1.67 bits per heavy atom. The maximum absolute atomic E-state index is 4.14. The van der Waals surface area contributed by atoms with Crippen LogP contribution in [0.3, 0.4) is 0 Å². The van der Waals surface area contributed by atoms with Gasteiger partial charge >= 0.3 is 0 Å². The van der Waals surface area contributed by atoms with Crippen molar-refractivity contribution in [3.63, 3.8) is 0 Å². The summed E-state index contributed by atoms with van der Waals surface area (Å²) >= 11 is 4.14. The van der Waals surface area contributed by atoms with Gasteiger partial charge in [-0.05, 0) is 13.8 Å². The Kier molecular flexibility index (Phi) is 1.72. The largest absolute Gasteiger partial charge is 0.169 e. The maximum atomic E-state index is 4.14. The van der Waals surface area contributed by atoms with Gasteiger partial charge in [0.05, 0.1) is 0 Å². The van der Waals surface area contributed by atoms with E-state index in [0.717, 1.165) is 0 Å². The highest BCUT2D eigenvalue weighted by Gasteiger charge is 2.01. The molecular weight excluding hydrogens is 92.1 g/mol. The van der Waals surface area contributed by atoms with Gasteiger partial charge in [-0.1, -0.05) is 6.08 Å². The lowest BCUT2D eigenvalue weighted by molar-refractivity contribution is 0.912. The summed E-state index contributed by atoms with van der Waals surface area (Å²) in [7, 11) is 0. The number of rotatable bonds is 1. The van der Waals surface area contributed by atoms with Gasteiger partial charge in [-0.3, -0.25) is 0 Å². The van der Waals surface area contributed by atoms with E-state index in [1.54, 1.807) is 6.08 Å². The van der Waals surface area contributed by atoms with Crippen molar-refractivity contribution in [1.82, 2.24) is 0 Å². The molecule has 0 amide bonds. The molecule has 0 nitrogen and oxygen atoms in total. The summed E-state index contributed by atoms with van der Waals surface area (Å²) in [6.45, 7) is 7.53. The first-order chi connectivity index (χ1) is 2.56. The Hall–Kier alpha value is 0.0900. The highest BCUT2D eigenvalue weighted by molar-refractivity contribution is 7.82. The molecule has 0 aromatic heterocycles. The summed E-state index contributed by atoms with van der Waals surface area (Å²) in [5, 5.41) is 0. The molecule has 0 N–H and O–H groups in total. The van der Waals surface area contributed by atoms with Crippen molar-refractivity contribution < 1.29 is 0 Å². The summed E-state index contributed by atoms with van der Waals surface area (Å²) in [6.07, 6.45) is 1.80. The molecule has 36 valence electrons. The summed E-state index contributed by atoms with van der Waals surface area (Å²) < 4.78 is 0. The zero-order valence-electron chi connectivity index (χ0n) is 4.23. The normalized spacial score (nSPS) is 11.2. The van der Waals surface area contributed by atoms with Gasteiger partial charge in [-0.15, -0.1) is 6.58 Å². The van der Waals surface area contributed by atoms with E-state index in [2.05, 4.69) is 19.2 Å². The van der Waals surface area contributed by atoms with Gasteiger partial charge in [0.2, 0.25) is 0 Å². The van der Waals surface area contributed by atoms with E-state index in [0.29, 0.717) is 0 Å². The fourth-order valence-corrected chi connectivity index (χ4v) is 0. The van der Waals surface area contributed by atoms with E-state index < -0.39 is 0 Å². The first kappa shape index (κ1) is 6.09. The van der Waals surface area contributed by atoms with Crippen molar-refractivity contribution in [2.45, 2.75) is 18.6 Å². The molecular formula is C5H10S. The topological polar surface area (TPSA) is 0 Å². The van der Waals surface area contributed by atoms with Crippen molar-refractivity contribution >= 4 is 12.6 Å². The lowest BCUT2D eigenvalue weighted by Gasteiger charge is -2.07. The summed E-state index contributed by atoms with van der Waals surface area (Å²) in [4.78, 5) is 0. The van der Waals surface area contributed by atoms with Crippen molar-refractivity contribution in [3.8, 4) is 0 Å². The minimum atomic E-state index is 0. The molecule has 0 heterocycles. The molecule has 0 aliphatic heterocycles. The van der Waals surface area contributed by atoms with Crippen LogP contribution in [0.25, 0.3) is 0 Å². The quantitative estimate of drug-likeness (QED) is 0.379. The lowest BCUT2D eigenvalue weighted by Crippen LogP contribution is -2.02. The smallest absolute Gasteiger partial charge is 0.0249 e. The first-order valence-electron chi connectivity index (χ1n) is 1.92. The Bertz CT molecular complexity index is 49.4. The third-order valence-corrected chi connectivity index (χ3v) is 0.682. The number of hydrogen-bond acceptors (Lipinski definition) is 1. The van der Waals surface area contributed by atoms with Crippen molar-refractivity contribution in [3.05, 3.63) is 12.7 Å².